The van der Waals surface area contributed by atoms with Gasteiger partial charge in [0, 0.05) is 18.3 Å². The van der Waals surface area contributed by atoms with E-state index in [2.05, 4.69) is 4.72 Å². The summed E-state index contributed by atoms with van der Waals surface area (Å²) < 4.78 is 30.2. The van der Waals surface area contributed by atoms with E-state index >= 15 is 0 Å². The molecule has 2 atom stereocenters. The molecule has 1 aromatic carbocycles. The second kappa shape index (κ2) is 8.53. The number of carbonyl (C=O) groups excluding carboxylic acids is 2. The SMILES string of the molecule is CCC1CCCCN1C(=O)C(C)OC(=O)c1cccc(NS(C)(=O)=O)c1. The topological polar surface area (TPSA) is 92.8 Å². The largest absolute Gasteiger partial charge is 0.449 e. The average molecular weight is 382 g/mol. The Hall–Kier alpha value is -2.09. The van der Waals surface area contributed by atoms with Crippen LogP contribution in [0.4, 0.5) is 5.69 Å². The molecule has 8 heteroatoms. The highest BCUT2D eigenvalue weighted by atomic mass is 32.2. The number of esters is 1. The van der Waals surface area contributed by atoms with Crippen LogP contribution in [0.2, 0.25) is 0 Å². The van der Waals surface area contributed by atoms with Gasteiger partial charge in [-0.1, -0.05) is 13.0 Å². The van der Waals surface area contributed by atoms with Crippen molar-refractivity contribution in [3.05, 3.63) is 29.8 Å². The number of nitrogens with one attached hydrogen (secondary N) is 1. The highest BCUT2D eigenvalue weighted by molar-refractivity contribution is 7.92. The number of amides is 1. The summed E-state index contributed by atoms with van der Waals surface area (Å²) in [6, 6.07) is 6.18. The van der Waals surface area contributed by atoms with E-state index in [9.17, 15) is 18.0 Å². The summed E-state index contributed by atoms with van der Waals surface area (Å²) in [4.78, 5) is 26.8. The number of sulfonamides is 1. The maximum absolute atomic E-state index is 12.6. The Morgan fingerprint density at radius 2 is 2.08 bits per heavy atom. The lowest BCUT2D eigenvalue weighted by Crippen LogP contribution is -2.48. The van der Waals surface area contributed by atoms with Gasteiger partial charge in [0.15, 0.2) is 6.10 Å². The molecule has 2 rings (SSSR count). The second-order valence-corrected chi connectivity index (χ2v) is 8.34. The monoisotopic (exact) mass is 382 g/mol. The van der Waals surface area contributed by atoms with Gasteiger partial charge < -0.3 is 9.64 Å². The summed E-state index contributed by atoms with van der Waals surface area (Å²) in [7, 11) is -3.44. The molecule has 2 unspecified atom stereocenters. The molecular weight excluding hydrogens is 356 g/mol. The molecule has 144 valence electrons. The smallest absolute Gasteiger partial charge is 0.338 e. The highest BCUT2D eigenvalue weighted by Crippen LogP contribution is 2.21. The molecule has 0 aromatic heterocycles. The Morgan fingerprint density at radius 3 is 2.73 bits per heavy atom. The van der Waals surface area contributed by atoms with Gasteiger partial charge in [0.1, 0.15) is 0 Å². The lowest BCUT2D eigenvalue weighted by Gasteiger charge is -2.36. The van der Waals surface area contributed by atoms with Gasteiger partial charge in [-0.05, 0) is 50.8 Å². The number of anilines is 1. The first-order valence-corrected chi connectivity index (χ1v) is 10.7. The van der Waals surface area contributed by atoms with E-state index in [1.54, 1.807) is 13.0 Å². The molecule has 0 saturated carbocycles. The Balaban J connectivity index is 2.04. The van der Waals surface area contributed by atoms with Gasteiger partial charge in [-0.15, -0.1) is 0 Å². The third-order valence-electron chi connectivity index (χ3n) is 4.41. The van der Waals surface area contributed by atoms with Crippen molar-refractivity contribution in [1.29, 1.82) is 0 Å². The van der Waals surface area contributed by atoms with E-state index in [1.165, 1.54) is 18.2 Å². The summed E-state index contributed by atoms with van der Waals surface area (Å²) >= 11 is 0. The number of benzene rings is 1. The Morgan fingerprint density at radius 1 is 1.35 bits per heavy atom. The molecule has 1 saturated heterocycles. The fourth-order valence-electron chi connectivity index (χ4n) is 3.15. The van der Waals surface area contributed by atoms with Crippen LogP contribution in [0, 0.1) is 0 Å². The first kappa shape index (κ1) is 20.2. The van der Waals surface area contributed by atoms with Crippen LogP contribution in [0.15, 0.2) is 24.3 Å². The highest BCUT2D eigenvalue weighted by Gasteiger charge is 2.30. The van der Waals surface area contributed by atoms with Crippen molar-refractivity contribution in [2.75, 3.05) is 17.5 Å². The fourth-order valence-corrected chi connectivity index (χ4v) is 3.71. The van der Waals surface area contributed by atoms with E-state index in [4.69, 9.17) is 4.74 Å². The van der Waals surface area contributed by atoms with Crippen LogP contribution in [-0.2, 0) is 19.6 Å². The van der Waals surface area contributed by atoms with Gasteiger partial charge in [-0.3, -0.25) is 9.52 Å². The van der Waals surface area contributed by atoms with E-state index < -0.39 is 22.1 Å². The van der Waals surface area contributed by atoms with Crippen LogP contribution in [-0.4, -0.2) is 50.1 Å². The number of hydrogen-bond acceptors (Lipinski definition) is 5. The number of piperidine rings is 1. The van der Waals surface area contributed by atoms with Gasteiger partial charge in [0.05, 0.1) is 11.8 Å². The van der Waals surface area contributed by atoms with Crippen molar-refractivity contribution in [3.8, 4) is 0 Å². The van der Waals surface area contributed by atoms with Crippen LogP contribution >= 0.6 is 0 Å². The van der Waals surface area contributed by atoms with Crippen LogP contribution in [0.3, 0.4) is 0 Å². The summed E-state index contributed by atoms with van der Waals surface area (Å²) in [5.74, 6) is -0.844. The molecule has 1 aliphatic heterocycles. The molecule has 0 spiro atoms. The number of likely N-dealkylation sites (tertiary alicyclic amines) is 1. The lowest BCUT2D eigenvalue weighted by atomic mass is 9.99. The van der Waals surface area contributed by atoms with Gasteiger partial charge in [0.25, 0.3) is 5.91 Å². The molecule has 1 aromatic rings. The molecule has 26 heavy (non-hydrogen) atoms. The first-order chi connectivity index (χ1) is 12.2. The van der Waals surface area contributed by atoms with Gasteiger partial charge in [-0.25, -0.2) is 13.2 Å². The maximum Gasteiger partial charge on any atom is 0.338 e. The average Bonchev–Trinajstić information content (AvgIpc) is 2.59. The van der Waals surface area contributed by atoms with Crippen molar-refractivity contribution in [3.63, 3.8) is 0 Å². The zero-order valence-corrected chi connectivity index (χ0v) is 16.2. The zero-order chi connectivity index (χ0) is 19.3. The van der Waals surface area contributed by atoms with Crippen molar-refractivity contribution in [2.24, 2.45) is 0 Å². The molecule has 0 bridgehead atoms. The maximum atomic E-state index is 12.6. The molecule has 1 aliphatic rings. The predicted octanol–water partition coefficient (Wildman–Crippen LogP) is 2.39. The van der Waals surface area contributed by atoms with E-state index in [1.807, 2.05) is 11.8 Å². The fraction of sp³-hybridized carbons (Fsp3) is 0.556. The van der Waals surface area contributed by atoms with Gasteiger partial charge in [-0.2, -0.15) is 0 Å². The quantitative estimate of drug-likeness (QED) is 0.763. The van der Waals surface area contributed by atoms with Crippen LogP contribution in [0.25, 0.3) is 0 Å². The minimum absolute atomic E-state index is 0.184. The minimum Gasteiger partial charge on any atom is -0.449 e. The predicted molar refractivity (Wildman–Crippen MR) is 99.4 cm³/mol. The second-order valence-electron chi connectivity index (χ2n) is 6.59. The molecule has 1 N–H and O–H groups in total. The molecule has 7 nitrogen and oxygen atoms in total. The van der Waals surface area contributed by atoms with Gasteiger partial charge >= 0.3 is 5.97 Å². The molecule has 0 radical (unpaired) electrons. The standard InChI is InChI=1S/C18H26N2O5S/c1-4-16-10-5-6-11-20(16)17(21)13(2)25-18(22)14-8-7-9-15(12-14)19-26(3,23)24/h7-9,12-13,16,19H,4-6,10-11H2,1-3H3. The minimum atomic E-state index is -3.44. The number of hydrogen-bond donors (Lipinski definition) is 1. The number of ether oxygens (including phenoxy) is 1. The molecular formula is C18H26N2O5S. The van der Waals surface area contributed by atoms with Crippen molar-refractivity contribution in [1.82, 2.24) is 4.90 Å². The first-order valence-electron chi connectivity index (χ1n) is 8.80. The Kier molecular flexibility index (Phi) is 6.63. The third kappa shape index (κ3) is 5.45. The number of rotatable bonds is 6. The van der Waals surface area contributed by atoms with E-state index in [0.29, 0.717) is 6.54 Å². The number of nitrogens with zero attached hydrogens (tertiary/aromatic N) is 1. The summed E-state index contributed by atoms with van der Waals surface area (Å²) in [5, 5.41) is 0. The van der Waals surface area contributed by atoms with Crippen molar-refractivity contribution >= 4 is 27.6 Å². The van der Waals surface area contributed by atoms with Crippen LogP contribution in [0.5, 0.6) is 0 Å². The van der Waals surface area contributed by atoms with Gasteiger partial charge in [0.2, 0.25) is 10.0 Å². The summed E-state index contributed by atoms with van der Waals surface area (Å²) in [6.45, 7) is 4.31. The Labute approximate surface area is 154 Å². The summed E-state index contributed by atoms with van der Waals surface area (Å²) in [5.41, 5.74) is 0.451. The third-order valence-corrected chi connectivity index (χ3v) is 5.02. The van der Waals surface area contributed by atoms with Crippen LogP contribution < -0.4 is 4.72 Å². The van der Waals surface area contributed by atoms with Crippen molar-refractivity contribution < 1.29 is 22.7 Å². The van der Waals surface area contributed by atoms with E-state index in [-0.39, 0.29) is 23.2 Å². The normalized spacial score (nSPS) is 18.9. The van der Waals surface area contributed by atoms with Crippen LogP contribution in [0.1, 0.15) is 49.9 Å². The lowest BCUT2D eigenvalue weighted by molar-refractivity contribution is -0.143. The number of carbonyl (C=O) groups is 2. The zero-order valence-electron chi connectivity index (χ0n) is 15.4. The molecule has 1 amide bonds. The summed E-state index contributed by atoms with van der Waals surface area (Å²) in [6.07, 6.45) is 4.06. The Bertz CT molecular complexity index is 763. The molecule has 1 heterocycles. The molecule has 0 aliphatic carbocycles. The van der Waals surface area contributed by atoms with E-state index in [0.717, 1.165) is 31.9 Å². The molecule has 1 fully saturated rings. The van der Waals surface area contributed by atoms with Crippen molar-refractivity contribution in [2.45, 2.75) is 51.7 Å².